The lowest BCUT2D eigenvalue weighted by atomic mass is 10.0. The highest BCUT2D eigenvalue weighted by Crippen LogP contribution is 2.14. The Labute approximate surface area is 120 Å². The fourth-order valence-electron chi connectivity index (χ4n) is 1.39. The number of halogens is 1. The maximum Gasteiger partial charge on any atom is 0.322 e. The molecule has 1 aromatic heterocycles. The zero-order valence-electron chi connectivity index (χ0n) is 10.5. The Morgan fingerprint density at radius 3 is 2.58 bits per heavy atom. The summed E-state index contributed by atoms with van der Waals surface area (Å²) in [6.07, 6.45) is 1.89. The van der Waals surface area contributed by atoms with Crippen LogP contribution in [0.5, 0.6) is 0 Å². The van der Waals surface area contributed by atoms with Gasteiger partial charge in [0, 0.05) is 10.7 Å². The highest BCUT2D eigenvalue weighted by atomic mass is 79.9. The second-order valence-corrected chi connectivity index (χ2v) is 6.71. The molecule has 0 unspecified atom stereocenters. The first kappa shape index (κ1) is 16.1. The molecule has 6 nitrogen and oxygen atoms in total. The number of aliphatic carboxylic acids is 1. The van der Waals surface area contributed by atoms with Crippen LogP contribution < -0.4 is 4.72 Å². The van der Waals surface area contributed by atoms with Crippen LogP contribution in [0.3, 0.4) is 0 Å². The summed E-state index contributed by atoms with van der Waals surface area (Å²) in [6, 6.07) is 1.67. The summed E-state index contributed by atoms with van der Waals surface area (Å²) in [7, 11) is -3.94. The first-order valence-electron chi connectivity index (χ1n) is 5.64. The van der Waals surface area contributed by atoms with Gasteiger partial charge in [-0.05, 0) is 34.0 Å². The van der Waals surface area contributed by atoms with Crippen LogP contribution in [0.1, 0.15) is 20.3 Å². The lowest BCUT2D eigenvalue weighted by Crippen LogP contribution is -2.45. The Hall–Kier alpha value is -0.990. The van der Waals surface area contributed by atoms with Crippen LogP contribution in [0.2, 0.25) is 0 Å². The number of carbonyl (C=O) groups is 1. The second kappa shape index (κ2) is 6.44. The number of nitrogens with zero attached hydrogens (tertiary/aromatic N) is 1. The molecule has 0 aliphatic carbocycles. The van der Waals surface area contributed by atoms with Crippen molar-refractivity contribution >= 4 is 31.9 Å². The van der Waals surface area contributed by atoms with Gasteiger partial charge in [-0.25, -0.2) is 13.4 Å². The Bertz CT molecular complexity index is 544. The molecule has 1 heterocycles. The number of hydrogen-bond acceptors (Lipinski definition) is 4. The summed E-state index contributed by atoms with van der Waals surface area (Å²) < 4.78 is 26.9. The van der Waals surface area contributed by atoms with Crippen LogP contribution in [0.15, 0.2) is 27.8 Å². The van der Waals surface area contributed by atoms with E-state index in [2.05, 4.69) is 25.6 Å². The summed E-state index contributed by atoms with van der Waals surface area (Å²) in [6.45, 7) is 3.48. The van der Waals surface area contributed by atoms with Crippen molar-refractivity contribution < 1.29 is 18.3 Å². The van der Waals surface area contributed by atoms with Gasteiger partial charge in [-0.15, -0.1) is 0 Å². The maximum absolute atomic E-state index is 12.0. The molecule has 0 saturated carbocycles. The van der Waals surface area contributed by atoms with Gasteiger partial charge in [0.25, 0.3) is 10.0 Å². The first-order valence-corrected chi connectivity index (χ1v) is 7.92. The van der Waals surface area contributed by atoms with Gasteiger partial charge in [0.1, 0.15) is 6.04 Å². The van der Waals surface area contributed by atoms with Gasteiger partial charge < -0.3 is 5.11 Å². The average molecular weight is 351 g/mol. The van der Waals surface area contributed by atoms with Gasteiger partial charge >= 0.3 is 5.97 Å². The smallest absolute Gasteiger partial charge is 0.322 e. The number of aromatic nitrogens is 1. The highest BCUT2D eigenvalue weighted by Gasteiger charge is 2.29. The van der Waals surface area contributed by atoms with E-state index in [1.54, 1.807) is 13.8 Å². The molecule has 19 heavy (non-hydrogen) atoms. The lowest BCUT2D eigenvalue weighted by Gasteiger charge is -2.19. The molecule has 2 N–H and O–H groups in total. The zero-order valence-corrected chi connectivity index (χ0v) is 12.9. The van der Waals surface area contributed by atoms with Crippen molar-refractivity contribution in [2.45, 2.75) is 31.3 Å². The Kier molecular flexibility index (Phi) is 5.45. The molecule has 1 rings (SSSR count). The number of hydrogen-bond donors (Lipinski definition) is 2. The average Bonchev–Trinajstić information content (AvgIpc) is 2.35. The van der Waals surface area contributed by atoms with Gasteiger partial charge in [-0.1, -0.05) is 20.3 Å². The monoisotopic (exact) mass is 350 g/mol. The van der Waals surface area contributed by atoms with Gasteiger partial charge in [0.15, 0.2) is 5.03 Å². The molecule has 0 aliphatic rings. The van der Waals surface area contributed by atoms with Crippen LogP contribution in [-0.2, 0) is 14.8 Å². The van der Waals surface area contributed by atoms with Crippen LogP contribution in [0.25, 0.3) is 0 Å². The molecule has 2 atom stereocenters. The largest absolute Gasteiger partial charge is 0.480 e. The minimum Gasteiger partial charge on any atom is -0.480 e. The van der Waals surface area contributed by atoms with Crippen molar-refractivity contribution in [2.75, 3.05) is 0 Å². The van der Waals surface area contributed by atoms with Crippen LogP contribution in [0, 0.1) is 5.92 Å². The SMILES string of the molecule is CC[C@H](C)[C@H](NS(=O)(=O)c1ccc(Br)cn1)C(=O)O. The molecule has 106 valence electrons. The van der Waals surface area contributed by atoms with Gasteiger partial charge in [-0.3, -0.25) is 4.79 Å². The number of carboxylic acids is 1. The molecule has 0 saturated heterocycles. The lowest BCUT2D eigenvalue weighted by molar-refractivity contribution is -0.140. The molecular formula is C11H15BrN2O4S. The van der Waals surface area contributed by atoms with E-state index < -0.39 is 22.0 Å². The Morgan fingerprint density at radius 2 is 2.16 bits per heavy atom. The van der Waals surface area contributed by atoms with E-state index in [1.807, 2.05) is 0 Å². The first-order chi connectivity index (χ1) is 8.77. The molecule has 1 aromatic rings. The predicted octanol–water partition coefficient (Wildman–Crippen LogP) is 1.62. The molecular weight excluding hydrogens is 336 g/mol. The van der Waals surface area contributed by atoms with E-state index in [9.17, 15) is 13.2 Å². The van der Waals surface area contributed by atoms with Crippen molar-refractivity contribution in [3.05, 3.63) is 22.8 Å². The third kappa shape index (κ3) is 4.26. The summed E-state index contributed by atoms with van der Waals surface area (Å²) in [5.41, 5.74) is 0. The number of carboxylic acid groups (broad SMARTS) is 1. The van der Waals surface area contributed by atoms with E-state index in [0.29, 0.717) is 10.9 Å². The van der Waals surface area contributed by atoms with Crippen molar-refractivity contribution in [1.29, 1.82) is 0 Å². The van der Waals surface area contributed by atoms with Crippen LogP contribution in [0.4, 0.5) is 0 Å². The minimum absolute atomic E-state index is 0.203. The quantitative estimate of drug-likeness (QED) is 0.812. The molecule has 0 amide bonds. The van der Waals surface area contributed by atoms with Crippen LogP contribution >= 0.6 is 15.9 Å². The van der Waals surface area contributed by atoms with E-state index in [-0.39, 0.29) is 10.9 Å². The molecule has 0 radical (unpaired) electrons. The third-order valence-corrected chi connectivity index (χ3v) is 4.56. The van der Waals surface area contributed by atoms with Crippen molar-refractivity contribution in [3.8, 4) is 0 Å². The van der Waals surface area contributed by atoms with E-state index in [4.69, 9.17) is 5.11 Å². The van der Waals surface area contributed by atoms with Gasteiger partial charge in [0.05, 0.1) is 0 Å². The number of pyridine rings is 1. The fraction of sp³-hybridized carbons (Fsp3) is 0.455. The summed E-state index contributed by atoms with van der Waals surface area (Å²) >= 11 is 3.15. The molecule has 0 aliphatic heterocycles. The Morgan fingerprint density at radius 1 is 1.53 bits per heavy atom. The summed E-state index contributed by atoms with van der Waals surface area (Å²) in [5.74, 6) is -1.52. The normalized spacial score (nSPS) is 14.9. The molecule has 0 spiro atoms. The van der Waals surface area contributed by atoms with Crippen molar-refractivity contribution in [2.24, 2.45) is 5.92 Å². The van der Waals surface area contributed by atoms with E-state index in [0.717, 1.165) is 0 Å². The second-order valence-electron chi connectivity index (χ2n) is 4.14. The van der Waals surface area contributed by atoms with Gasteiger partial charge in [-0.2, -0.15) is 4.72 Å². The standard InChI is InChI=1S/C11H15BrN2O4S/c1-3-7(2)10(11(15)16)14-19(17,18)9-5-4-8(12)6-13-9/h4-7,10,14H,3H2,1-2H3,(H,15,16)/t7-,10-/m0/s1. The topological polar surface area (TPSA) is 96.4 Å². The minimum atomic E-state index is -3.94. The molecule has 8 heteroatoms. The summed E-state index contributed by atoms with van der Waals surface area (Å²) in [5, 5.41) is 8.87. The number of sulfonamides is 1. The van der Waals surface area contributed by atoms with Crippen molar-refractivity contribution in [1.82, 2.24) is 9.71 Å². The number of rotatable bonds is 6. The molecule has 0 aromatic carbocycles. The van der Waals surface area contributed by atoms with E-state index >= 15 is 0 Å². The van der Waals surface area contributed by atoms with Gasteiger partial charge in [0.2, 0.25) is 0 Å². The highest BCUT2D eigenvalue weighted by molar-refractivity contribution is 9.10. The molecule has 0 fully saturated rings. The molecule has 0 bridgehead atoms. The van der Waals surface area contributed by atoms with Crippen molar-refractivity contribution in [3.63, 3.8) is 0 Å². The maximum atomic E-state index is 12.0. The number of nitrogens with one attached hydrogen (secondary N) is 1. The predicted molar refractivity (Wildman–Crippen MR) is 73.1 cm³/mol. The zero-order chi connectivity index (χ0) is 14.6. The van der Waals surface area contributed by atoms with E-state index in [1.165, 1.54) is 18.3 Å². The van der Waals surface area contributed by atoms with Crippen LogP contribution in [-0.4, -0.2) is 30.5 Å². The Balaban J connectivity index is 3.00. The fourth-order valence-corrected chi connectivity index (χ4v) is 2.86. The third-order valence-electron chi connectivity index (χ3n) is 2.74. The summed E-state index contributed by atoms with van der Waals surface area (Å²) in [4.78, 5) is 14.9.